The Balaban J connectivity index is 1.84. The molecular weight excluding hydrogens is 437 g/mol. The fourth-order valence-electron chi connectivity index (χ4n) is 3.45. The SMILES string of the molecule is CC(C)[C@H]1COC(c2cccc[c]2[Sn]([c]2ccccc2)[c]2ccccc2)=N1. The van der Waals surface area contributed by atoms with E-state index in [4.69, 9.17) is 9.73 Å². The van der Waals surface area contributed by atoms with Crippen molar-refractivity contribution in [1.82, 2.24) is 0 Å². The van der Waals surface area contributed by atoms with Crippen LogP contribution in [0.4, 0.5) is 0 Å². The van der Waals surface area contributed by atoms with Gasteiger partial charge in [0.2, 0.25) is 0 Å². The van der Waals surface area contributed by atoms with Crippen LogP contribution in [0.1, 0.15) is 19.4 Å². The van der Waals surface area contributed by atoms with Crippen LogP contribution in [0.2, 0.25) is 0 Å². The number of rotatable bonds is 5. The van der Waals surface area contributed by atoms with Crippen molar-refractivity contribution in [2.45, 2.75) is 19.9 Å². The van der Waals surface area contributed by atoms with E-state index in [9.17, 15) is 0 Å². The first-order valence-corrected chi connectivity index (χ1v) is 13.8. The van der Waals surface area contributed by atoms with Crippen LogP contribution in [0, 0.1) is 5.92 Å². The van der Waals surface area contributed by atoms with Gasteiger partial charge in [-0.25, -0.2) is 0 Å². The predicted molar refractivity (Wildman–Crippen MR) is 115 cm³/mol. The molecule has 1 heterocycles. The Labute approximate surface area is 168 Å². The standard InChI is InChI=1S/C12H14NO.2C6H5.Sn/c1-9(2)11-8-14-12(13-11)10-6-4-3-5-7-10;2*1-2-4-6-5-3-1;/h3-6,9,11H,8H2,1-2H3;2*1-5H;/t11-;;;/m1.../s1. The predicted octanol–water partition coefficient (Wildman–Crippen LogP) is 3.00. The second-order valence-corrected chi connectivity index (χ2v) is 14.2. The summed E-state index contributed by atoms with van der Waals surface area (Å²) < 4.78 is 10.4. The molecule has 3 aromatic carbocycles. The van der Waals surface area contributed by atoms with Crippen LogP contribution in [0.25, 0.3) is 0 Å². The first-order valence-electron chi connectivity index (χ1n) is 9.52. The third-order valence-electron chi connectivity index (χ3n) is 5.00. The molecule has 3 aromatic rings. The molecule has 0 unspecified atom stereocenters. The van der Waals surface area contributed by atoms with Crippen molar-refractivity contribution in [3.8, 4) is 0 Å². The van der Waals surface area contributed by atoms with Crippen molar-refractivity contribution in [3.05, 3.63) is 90.5 Å². The van der Waals surface area contributed by atoms with Gasteiger partial charge in [-0.1, -0.05) is 0 Å². The van der Waals surface area contributed by atoms with Crippen LogP contribution >= 0.6 is 0 Å². The van der Waals surface area contributed by atoms with Crippen molar-refractivity contribution in [2.24, 2.45) is 10.9 Å². The van der Waals surface area contributed by atoms with E-state index in [-0.39, 0.29) is 6.04 Å². The molecule has 4 rings (SSSR count). The van der Waals surface area contributed by atoms with Gasteiger partial charge in [-0.3, -0.25) is 0 Å². The van der Waals surface area contributed by atoms with Gasteiger partial charge in [-0.2, -0.15) is 0 Å². The zero-order chi connectivity index (χ0) is 18.6. The molecule has 0 aliphatic carbocycles. The van der Waals surface area contributed by atoms with Crippen LogP contribution in [0.15, 0.2) is 89.9 Å². The Morgan fingerprint density at radius 3 is 1.93 bits per heavy atom. The van der Waals surface area contributed by atoms with Crippen LogP contribution < -0.4 is 10.7 Å². The number of benzene rings is 3. The summed E-state index contributed by atoms with van der Waals surface area (Å²) in [6.07, 6.45) is 0. The summed E-state index contributed by atoms with van der Waals surface area (Å²) in [5.41, 5.74) is 1.18. The summed E-state index contributed by atoms with van der Waals surface area (Å²) in [4.78, 5) is 4.91. The maximum absolute atomic E-state index is 6.06. The minimum absolute atomic E-state index is 0.258. The molecule has 0 N–H and O–H groups in total. The fraction of sp³-hybridized carbons (Fsp3) is 0.208. The van der Waals surface area contributed by atoms with Gasteiger partial charge in [-0.05, 0) is 0 Å². The Morgan fingerprint density at radius 2 is 1.37 bits per heavy atom. The van der Waals surface area contributed by atoms with Gasteiger partial charge in [0.1, 0.15) is 0 Å². The molecule has 0 fully saturated rings. The van der Waals surface area contributed by atoms with E-state index >= 15 is 0 Å². The monoisotopic (exact) mass is 462 g/mol. The minimum atomic E-state index is -2.34. The van der Waals surface area contributed by atoms with Gasteiger partial charge in [0.25, 0.3) is 0 Å². The Hall–Kier alpha value is -2.07. The Morgan fingerprint density at radius 1 is 0.815 bits per heavy atom. The molecule has 27 heavy (non-hydrogen) atoms. The molecule has 2 nitrogen and oxygen atoms in total. The molecule has 0 saturated carbocycles. The summed E-state index contributed by atoms with van der Waals surface area (Å²) in [6, 6.07) is 30.9. The molecule has 0 bridgehead atoms. The van der Waals surface area contributed by atoms with Crippen LogP contribution in [0.5, 0.6) is 0 Å². The van der Waals surface area contributed by atoms with Crippen LogP contribution in [0.3, 0.4) is 0 Å². The zero-order valence-corrected chi connectivity index (χ0v) is 18.7. The van der Waals surface area contributed by atoms with E-state index in [1.807, 2.05) is 0 Å². The first kappa shape index (κ1) is 18.3. The molecule has 0 saturated heterocycles. The molecule has 0 spiro atoms. The van der Waals surface area contributed by atoms with E-state index in [0.29, 0.717) is 12.5 Å². The summed E-state index contributed by atoms with van der Waals surface area (Å²) in [6.45, 7) is 5.11. The van der Waals surface area contributed by atoms with Gasteiger partial charge in [-0.15, -0.1) is 0 Å². The third kappa shape index (κ3) is 3.96. The molecule has 135 valence electrons. The van der Waals surface area contributed by atoms with Crippen LogP contribution in [-0.4, -0.2) is 38.3 Å². The van der Waals surface area contributed by atoms with Crippen molar-refractivity contribution >= 4 is 36.4 Å². The summed E-state index contributed by atoms with van der Waals surface area (Å²) >= 11 is -2.34. The quantitative estimate of drug-likeness (QED) is 0.536. The van der Waals surface area contributed by atoms with Crippen LogP contribution in [-0.2, 0) is 4.74 Å². The van der Waals surface area contributed by atoms with Gasteiger partial charge in [0.15, 0.2) is 0 Å². The van der Waals surface area contributed by atoms with Crippen molar-refractivity contribution in [3.63, 3.8) is 0 Å². The van der Waals surface area contributed by atoms with E-state index in [1.165, 1.54) is 16.3 Å². The zero-order valence-electron chi connectivity index (χ0n) is 15.8. The molecule has 3 heteroatoms. The summed E-state index contributed by atoms with van der Waals surface area (Å²) in [5, 5.41) is 0. The van der Waals surface area contributed by atoms with Crippen molar-refractivity contribution < 1.29 is 4.74 Å². The number of hydrogen-bond acceptors (Lipinski definition) is 2. The fourth-order valence-corrected chi connectivity index (χ4v) is 11.2. The topological polar surface area (TPSA) is 21.6 Å². The number of hydrogen-bond donors (Lipinski definition) is 0. The van der Waals surface area contributed by atoms with E-state index < -0.39 is 19.8 Å². The average molecular weight is 461 g/mol. The third-order valence-corrected chi connectivity index (χ3v) is 13.0. The maximum atomic E-state index is 6.06. The molecule has 0 aromatic heterocycles. The molecule has 1 radical (unpaired) electrons. The molecule has 0 amide bonds. The van der Waals surface area contributed by atoms with Gasteiger partial charge in [0, 0.05) is 0 Å². The average Bonchev–Trinajstić information content (AvgIpc) is 3.21. The summed E-state index contributed by atoms with van der Waals surface area (Å²) in [7, 11) is 0. The van der Waals surface area contributed by atoms with Gasteiger partial charge >= 0.3 is 169 Å². The number of aliphatic imine (C=N–C) groups is 1. The number of ether oxygens (including phenoxy) is 1. The van der Waals surface area contributed by atoms with Gasteiger partial charge in [0.05, 0.1) is 0 Å². The molecule has 1 aliphatic heterocycles. The number of nitrogens with zero attached hydrogens (tertiary/aromatic N) is 1. The Kier molecular flexibility index (Phi) is 5.63. The second kappa shape index (κ2) is 8.30. The normalized spacial score (nSPS) is 16.4. The first-order chi connectivity index (χ1) is 13.2. The second-order valence-electron chi connectivity index (χ2n) is 7.21. The Bertz CT molecular complexity index is 882. The summed E-state index contributed by atoms with van der Waals surface area (Å²) in [5.74, 6) is 1.32. The molecule has 1 atom stereocenters. The van der Waals surface area contributed by atoms with Crippen molar-refractivity contribution in [1.29, 1.82) is 0 Å². The molecular formula is C24H24NOSn. The van der Waals surface area contributed by atoms with Crippen molar-refractivity contribution in [2.75, 3.05) is 6.61 Å². The van der Waals surface area contributed by atoms with E-state index in [2.05, 4.69) is 98.8 Å². The molecule has 1 aliphatic rings. The van der Waals surface area contributed by atoms with Gasteiger partial charge < -0.3 is 0 Å². The van der Waals surface area contributed by atoms with E-state index in [1.54, 1.807) is 0 Å². The van der Waals surface area contributed by atoms with E-state index in [0.717, 1.165) is 5.90 Å².